The Labute approximate surface area is 117 Å². The Morgan fingerprint density at radius 3 is 2.84 bits per heavy atom. The fourth-order valence-electron chi connectivity index (χ4n) is 2.44. The highest BCUT2D eigenvalue weighted by Gasteiger charge is 2.31. The second kappa shape index (κ2) is 4.69. The van der Waals surface area contributed by atoms with Crippen molar-refractivity contribution in [1.29, 1.82) is 0 Å². The number of aliphatic hydroxyl groups is 1. The molecule has 1 N–H and O–H groups in total. The molecule has 0 aliphatic heterocycles. The van der Waals surface area contributed by atoms with Gasteiger partial charge in [-0.2, -0.15) is 5.10 Å². The van der Waals surface area contributed by atoms with Crippen molar-refractivity contribution in [3.63, 3.8) is 0 Å². The predicted molar refractivity (Wildman–Crippen MR) is 74.2 cm³/mol. The number of aromatic nitrogens is 3. The molecule has 0 saturated heterocycles. The minimum absolute atomic E-state index is 0.315. The molecule has 2 aromatic rings. The van der Waals surface area contributed by atoms with Gasteiger partial charge in [-0.3, -0.25) is 4.68 Å². The topological polar surface area (TPSA) is 43.0 Å². The fourth-order valence-corrected chi connectivity index (χ4v) is 2.66. The lowest BCUT2D eigenvalue weighted by Gasteiger charge is -2.07. The third-order valence-electron chi connectivity index (χ3n) is 3.78. The van der Waals surface area contributed by atoms with Crippen molar-refractivity contribution >= 4 is 11.6 Å². The van der Waals surface area contributed by atoms with Crippen molar-refractivity contribution in [2.24, 2.45) is 13.0 Å². The third-order valence-corrected chi connectivity index (χ3v) is 4.27. The van der Waals surface area contributed by atoms with Crippen LogP contribution in [0, 0.1) is 12.8 Å². The van der Waals surface area contributed by atoms with Crippen LogP contribution >= 0.6 is 11.6 Å². The number of aliphatic hydroxyl groups excluding tert-OH is 1. The monoisotopic (exact) mass is 279 g/mol. The lowest BCUT2D eigenvalue weighted by atomic mass is 10.1. The first-order valence-corrected chi connectivity index (χ1v) is 6.95. The number of hydrogen-bond donors (Lipinski definition) is 1. The highest BCUT2D eigenvalue weighted by atomic mass is 35.5. The van der Waals surface area contributed by atoms with Gasteiger partial charge in [-0.1, -0.05) is 11.6 Å². The third kappa shape index (κ3) is 2.42. The van der Waals surface area contributed by atoms with Crippen LogP contribution in [0.2, 0.25) is 5.02 Å². The van der Waals surface area contributed by atoms with Gasteiger partial charge in [-0.15, -0.1) is 0 Å². The van der Waals surface area contributed by atoms with Crippen molar-refractivity contribution in [1.82, 2.24) is 14.3 Å². The molecule has 0 aromatic carbocycles. The SMILES string of the molecule is Cc1nn(C)c(Cn2ccc(C(O)C3CC3)c2)c1Cl. The zero-order valence-corrected chi connectivity index (χ0v) is 11.9. The standard InChI is InChI=1S/C14H18ClN3O/c1-9-13(15)12(17(2)16-9)8-18-6-5-11(7-18)14(19)10-3-4-10/h5-7,10,14,19H,3-4,8H2,1-2H3. The van der Waals surface area contributed by atoms with Crippen molar-refractivity contribution < 1.29 is 5.11 Å². The Hall–Kier alpha value is -1.26. The molecular weight excluding hydrogens is 262 g/mol. The average Bonchev–Trinajstić information content (AvgIpc) is 3.08. The van der Waals surface area contributed by atoms with Crippen LogP contribution in [0.5, 0.6) is 0 Å². The first-order valence-electron chi connectivity index (χ1n) is 6.58. The first-order chi connectivity index (χ1) is 9.06. The summed E-state index contributed by atoms with van der Waals surface area (Å²) in [5, 5.41) is 15.1. The van der Waals surface area contributed by atoms with Crippen molar-refractivity contribution in [2.45, 2.75) is 32.4 Å². The molecule has 3 rings (SSSR count). The molecule has 102 valence electrons. The molecule has 0 radical (unpaired) electrons. The van der Waals surface area contributed by atoms with Crippen LogP contribution in [0.4, 0.5) is 0 Å². The van der Waals surface area contributed by atoms with Crippen molar-refractivity contribution in [3.05, 3.63) is 40.4 Å². The molecule has 1 aliphatic rings. The second-order valence-electron chi connectivity index (χ2n) is 5.37. The molecule has 19 heavy (non-hydrogen) atoms. The molecule has 2 aromatic heterocycles. The molecule has 5 heteroatoms. The molecule has 1 atom stereocenters. The zero-order valence-electron chi connectivity index (χ0n) is 11.2. The molecule has 4 nitrogen and oxygen atoms in total. The summed E-state index contributed by atoms with van der Waals surface area (Å²) in [6.45, 7) is 2.58. The summed E-state index contributed by atoms with van der Waals surface area (Å²) in [6, 6.07) is 1.99. The maximum Gasteiger partial charge on any atom is 0.0865 e. The number of rotatable bonds is 4. The fraction of sp³-hybridized carbons (Fsp3) is 0.500. The first kappa shape index (κ1) is 12.8. The van der Waals surface area contributed by atoms with Gasteiger partial charge in [0.05, 0.1) is 29.1 Å². The minimum Gasteiger partial charge on any atom is -0.388 e. The Kier molecular flexibility index (Phi) is 3.15. The van der Waals surface area contributed by atoms with Crippen LogP contribution in [0.25, 0.3) is 0 Å². The van der Waals surface area contributed by atoms with Gasteiger partial charge in [0.2, 0.25) is 0 Å². The Balaban J connectivity index is 1.79. The van der Waals surface area contributed by atoms with Gasteiger partial charge in [0.25, 0.3) is 0 Å². The summed E-state index contributed by atoms with van der Waals surface area (Å²) in [7, 11) is 1.90. The largest absolute Gasteiger partial charge is 0.388 e. The van der Waals surface area contributed by atoms with Gasteiger partial charge in [0.15, 0.2) is 0 Å². The maximum atomic E-state index is 10.1. The van der Waals surface area contributed by atoms with E-state index in [1.54, 1.807) is 0 Å². The van der Waals surface area contributed by atoms with Gasteiger partial charge in [-0.25, -0.2) is 0 Å². The van der Waals surface area contributed by atoms with E-state index >= 15 is 0 Å². The smallest absolute Gasteiger partial charge is 0.0865 e. The highest BCUT2D eigenvalue weighted by Crippen LogP contribution is 2.40. The molecular formula is C14H18ClN3O. The number of hydrogen-bond acceptors (Lipinski definition) is 2. The molecule has 0 spiro atoms. The van der Waals surface area contributed by atoms with E-state index in [2.05, 4.69) is 5.10 Å². The summed E-state index contributed by atoms with van der Waals surface area (Å²) < 4.78 is 3.86. The number of halogens is 1. The highest BCUT2D eigenvalue weighted by molar-refractivity contribution is 6.31. The summed E-state index contributed by atoms with van der Waals surface area (Å²) in [4.78, 5) is 0. The Morgan fingerprint density at radius 2 is 2.26 bits per heavy atom. The van der Waals surface area contributed by atoms with E-state index in [-0.39, 0.29) is 6.10 Å². The van der Waals surface area contributed by atoms with E-state index in [1.165, 1.54) is 0 Å². The molecule has 1 unspecified atom stereocenters. The Morgan fingerprint density at radius 1 is 1.53 bits per heavy atom. The van der Waals surface area contributed by atoms with Gasteiger partial charge >= 0.3 is 0 Å². The van der Waals surface area contributed by atoms with Crippen molar-refractivity contribution in [2.75, 3.05) is 0 Å². The Bertz CT molecular complexity index is 598. The normalized spacial score (nSPS) is 16.8. The number of aryl methyl sites for hydroxylation is 2. The van der Waals surface area contributed by atoms with Crippen LogP contribution in [0.1, 0.15) is 35.9 Å². The molecule has 1 fully saturated rings. The second-order valence-corrected chi connectivity index (χ2v) is 5.75. The average molecular weight is 280 g/mol. The lowest BCUT2D eigenvalue weighted by molar-refractivity contribution is 0.154. The molecule has 1 saturated carbocycles. The lowest BCUT2D eigenvalue weighted by Crippen LogP contribution is -2.04. The van der Waals surface area contributed by atoms with Crippen molar-refractivity contribution in [3.8, 4) is 0 Å². The molecule has 0 amide bonds. The summed E-state index contributed by atoms with van der Waals surface area (Å²) in [5.41, 5.74) is 2.84. The van der Waals surface area contributed by atoms with Gasteiger partial charge in [0, 0.05) is 19.4 Å². The summed E-state index contributed by atoms with van der Waals surface area (Å²) in [5.74, 6) is 0.457. The molecule has 1 aliphatic carbocycles. The van der Waals surface area contributed by atoms with E-state index in [0.717, 1.165) is 34.8 Å². The molecule has 2 heterocycles. The van der Waals surface area contributed by atoms with E-state index in [1.807, 2.05) is 41.7 Å². The van der Waals surface area contributed by atoms with Crippen LogP contribution in [0.15, 0.2) is 18.5 Å². The van der Waals surface area contributed by atoms with Gasteiger partial charge in [-0.05, 0) is 37.3 Å². The van der Waals surface area contributed by atoms with Crippen LogP contribution in [-0.4, -0.2) is 19.5 Å². The zero-order chi connectivity index (χ0) is 13.6. The summed E-state index contributed by atoms with van der Waals surface area (Å²) in [6.07, 6.45) is 5.95. The maximum absolute atomic E-state index is 10.1. The van der Waals surface area contributed by atoms with E-state index in [9.17, 15) is 5.11 Å². The molecule has 0 bridgehead atoms. The van der Waals surface area contributed by atoms with E-state index in [0.29, 0.717) is 12.5 Å². The van der Waals surface area contributed by atoms with E-state index < -0.39 is 0 Å². The van der Waals surface area contributed by atoms with Gasteiger partial charge in [0.1, 0.15) is 0 Å². The van der Waals surface area contributed by atoms with Crippen LogP contribution in [-0.2, 0) is 13.6 Å². The van der Waals surface area contributed by atoms with E-state index in [4.69, 9.17) is 11.6 Å². The predicted octanol–water partition coefficient (Wildman–Crippen LogP) is 2.68. The van der Waals surface area contributed by atoms with Gasteiger partial charge < -0.3 is 9.67 Å². The van der Waals surface area contributed by atoms with Crippen LogP contribution < -0.4 is 0 Å². The minimum atomic E-state index is -0.315. The number of nitrogens with zero attached hydrogens (tertiary/aromatic N) is 3. The summed E-state index contributed by atoms with van der Waals surface area (Å²) >= 11 is 6.25. The van der Waals surface area contributed by atoms with Crippen LogP contribution in [0.3, 0.4) is 0 Å². The quantitative estimate of drug-likeness (QED) is 0.935.